The smallest absolute Gasteiger partial charge is 0.0462 e. The molecule has 1 aromatic carbocycles. The van der Waals surface area contributed by atoms with Gasteiger partial charge in [0.05, 0.1) is 0 Å². The molecule has 1 unspecified atom stereocenters. The summed E-state index contributed by atoms with van der Waals surface area (Å²) in [6.45, 7) is 7.82. The molecule has 2 heteroatoms. The molecule has 0 bridgehead atoms. The lowest BCUT2D eigenvalue weighted by Gasteiger charge is -2.25. The molecular weight excluding hydrogens is 246 g/mol. The highest BCUT2D eigenvalue weighted by atomic mass is 16.5. The Bertz CT molecular complexity index is 396. The van der Waals surface area contributed by atoms with Crippen LogP contribution in [0.4, 0.5) is 0 Å². The Hall–Kier alpha value is -0.860. The van der Waals surface area contributed by atoms with Gasteiger partial charge in [-0.1, -0.05) is 29.3 Å². The molecule has 2 nitrogen and oxygen atoms in total. The van der Waals surface area contributed by atoms with Crippen LogP contribution >= 0.6 is 0 Å². The second kappa shape index (κ2) is 7.80. The van der Waals surface area contributed by atoms with E-state index in [2.05, 4.69) is 36.9 Å². The van der Waals surface area contributed by atoms with Crippen molar-refractivity contribution >= 4 is 0 Å². The summed E-state index contributed by atoms with van der Waals surface area (Å²) in [7, 11) is 1.79. The summed E-state index contributed by atoms with van der Waals surface area (Å²) in [5, 5.41) is 0. The number of methoxy groups -OCH3 is 1. The molecule has 0 spiro atoms. The van der Waals surface area contributed by atoms with E-state index in [1.54, 1.807) is 7.11 Å². The lowest BCUT2D eigenvalue weighted by atomic mass is 9.99. The summed E-state index contributed by atoms with van der Waals surface area (Å²) in [6, 6.07) is 7.67. The molecule has 2 rings (SSSR count). The van der Waals surface area contributed by atoms with Crippen LogP contribution in [-0.2, 0) is 4.74 Å². The van der Waals surface area contributed by atoms with Gasteiger partial charge in [-0.25, -0.2) is 0 Å². The number of nitrogens with zero attached hydrogens (tertiary/aromatic N) is 1. The highest BCUT2D eigenvalue weighted by Gasteiger charge is 2.25. The van der Waals surface area contributed by atoms with E-state index in [-0.39, 0.29) is 0 Å². The highest BCUT2D eigenvalue weighted by molar-refractivity contribution is 5.31. The van der Waals surface area contributed by atoms with Crippen molar-refractivity contribution in [2.24, 2.45) is 0 Å². The van der Waals surface area contributed by atoms with Gasteiger partial charge in [-0.05, 0) is 64.6 Å². The standard InChI is InChI=1S/C18H29NO/c1-15-12-16(2)14-17(13-15)18-8-7-10-19(18)9-5-4-6-11-20-3/h12-14,18H,4-11H2,1-3H3. The Labute approximate surface area is 124 Å². The summed E-state index contributed by atoms with van der Waals surface area (Å²) >= 11 is 0. The predicted octanol–water partition coefficient (Wildman–Crippen LogP) is 4.26. The largest absolute Gasteiger partial charge is 0.385 e. The van der Waals surface area contributed by atoms with Gasteiger partial charge in [-0.3, -0.25) is 4.90 Å². The van der Waals surface area contributed by atoms with E-state index in [1.807, 2.05) is 0 Å². The number of rotatable bonds is 7. The van der Waals surface area contributed by atoms with Crippen LogP contribution in [0, 0.1) is 13.8 Å². The third-order valence-corrected chi connectivity index (χ3v) is 4.29. The molecule has 0 aliphatic carbocycles. The minimum atomic E-state index is 0.649. The fourth-order valence-corrected chi connectivity index (χ4v) is 3.41. The second-order valence-corrected chi connectivity index (χ2v) is 6.17. The average molecular weight is 275 g/mol. The first kappa shape index (κ1) is 15.5. The van der Waals surface area contributed by atoms with Crippen molar-refractivity contribution in [3.63, 3.8) is 0 Å². The third-order valence-electron chi connectivity index (χ3n) is 4.29. The first-order chi connectivity index (χ1) is 9.70. The summed E-state index contributed by atoms with van der Waals surface area (Å²) in [4.78, 5) is 2.68. The zero-order valence-corrected chi connectivity index (χ0v) is 13.3. The lowest BCUT2D eigenvalue weighted by Crippen LogP contribution is -2.24. The van der Waals surface area contributed by atoms with E-state index in [9.17, 15) is 0 Å². The Morgan fingerprint density at radius 1 is 1.10 bits per heavy atom. The number of likely N-dealkylation sites (tertiary alicyclic amines) is 1. The average Bonchev–Trinajstić information content (AvgIpc) is 2.86. The summed E-state index contributed by atoms with van der Waals surface area (Å²) in [6.07, 6.45) is 6.43. The first-order valence-electron chi connectivity index (χ1n) is 8.02. The highest BCUT2D eigenvalue weighted by Crippen LogP contribution is 2.33. The predicted molar refractivity (Wildman–Crippen MR) is 85.2 cm³/mol. The van der Waals surface area contributed by atoms with E-state index in [0.29, 0.717) is 6.04 Å². The van der Waals surface area contributed by atoms with Crippen molar-refractivity contribution in [1.82, 2.24) is 4.90 Å². The van der Waals surface area contributed by atoms with Crippen molar-refractivity contribution < 1.29 is 4.74 Å². The van der Waals surface area contributed by atoms with Crippen LogP contribution in [0.15, 0.2) is 18.2 Å². The zero-order valence-electron chi connectivity index (χ0n) is 13.3. The summed E-state index contributed by atoms with van der Waals surface area (Å²) < 4.78 is 5.12. The quantitative estimate of drug-likeness (QED) is 0.690. The minimum Gasteiger partial charge on any atom is -0.385 e. The lowest BCUT2D eigenvalue weighted by molar-refractivity contribution is 0.188. The maximum Gasteiger partial charge on any atom is 0.0462 e. The molecule has 1 fully saturated rings. The monoisotopic (exact) mass is 275 g/mol. The van der Waals surface area contributed by atoms with Gasteiger partial charge in [0, 0.05) is 19.8 Å². The van der Waals surface area contributed by atoms with Crippen LogP contribution in [0.2, 0.25) is 0 Å². The van der Waals surface area contributed by atoms with E-state index in [0.717, 1.165) is 6.61 Å². The second-order valence-electron chi connectivity index (χ2n) is 6.17. The molecule has 1 aliphatic rings. The Balaban J connectivity index is 1.89. The number of aryl methyl sites for hydroxylation is 2. The van der Waals surface area contributed by atoms with Crippen LogP contribution in [-0.4, -0.2) is 31.7 Å². The Morgan fingerprint density at radius 2 is 1.85 bits per heavy atom. The Kier molecular flexibility index (Phi) is 6.06. The molecule has 1 saturated heterocycles. The number of unbranched alkanes of at least 4 members (excludes halogenated alkanes) is 2. The van der Waals surface area contributed by atoms with E-state index in [4.69, 9.17) is 4.74 Å². The number of hydrogen-bond acceptors (Lipinski definition) is 2. The fraction of sp³-hybridized carbons (Fsp3) is 0.667. The van der Waals surface area contributed by atoms with Gasteiger partial charge < -0.3 is 4.74 Å². The van der Waals surface area contributed by atoms with Crippen molar-refractivity contribution in [2.45, 2.75) is 52.0 Å². The third kappa shape index (κ3) is 4.32. The normalized spacial score (nSPS) is 19.6. The van der Waals surface area contributed by atoms with Crippen LogP contribution in [0.5, 0.6) is 0 Å². The minimum absolute atomic E-state index is 0.649. The molecular formula is C18H29NO. The number of benzene rings is 1. The zero-order chi connectivity index (χ0) is 14.4. The summed E-state index contributed by atoms with van der Waals surface area (Å²) in [5.74, 6) is 0. The number of ether oxygens (including phenoxy) is 1. The van der Waals surface area contributed by atoms with Crippen molar-refractivity contribution in [2.75, 3.05) is 26.8 Å². The van der Waals surface area contributed by atoms with E-state index < -0.39 is 0 Å². The molecule has 0 saturated carbocycles. The molecule has 0 aromatic heterocycles. The molecule has 112 valence electrons. The fourth-order valence-electron chi connectivity index (χ4n) is 3.41. The van der Waals surface area contributed by atoms with Gasteiger partial charge in [-0.15, -0.1) is 0 Å². The van der Waals surface area contributed by atoms with Gasteiger partial charge in [0.15, 0.2) is 0 Å². The molecule has 1 aromatic rings. The van der Waals surface area contributed by atoms with Gasteiger partial charge in [0.1, 0.15) is 0 Å². The SMILES string of the molecule is COCCCCCN1CCCC1c1cc(C)cc(C)c1. The summed E-state index contributed by atoms with van der Waals surface area (Å²) in [5.41, 5.74) is 4.32. The molecule has 1 heterocycles. The molecule has 0 amide bonds. The van der Waals surface area contributed by atoms with Crippen LogP contribution in [0.3, 0.4) is 0 Å². The molecule has 0 radical (unpaired) electrons. The van der Waals surface area contributed by atoms with E-state index >= 15 is 0 Å². The van der Waals surface area contributed by atoms with Gasteiger partial charge in [0.25, 0.3) is 0 Å². The Morgan fingerprint density at radius 3 is 2.55 bits per heavy atom. The van der Waals surface area contributed by atoms with Crippen molar-refractivity contribution in [3.8, 4) is 0 Å². The van der Waals surface area contributed by atoms with Gasteiger partial charge >= 0.3 is 0 Å². The first-order valence-corrected chi connectivity index (χ1v) is 8.02. The molecule has 1 atom stereocenters. The van der Waals surface area contributed by atoms with Crippen LogP contribution in [0.25, 0.3) is 0 Å². The molecule has 20 heavy (non-hydrogen) atoms. The molecule has 0 N–H and O–H groups in total. The van der Waals surface area contributed by atoms with Gasteiger partial charge in [-0.2, -0.15) is 0 Å². The maximum atomic E-state index is 5.12. The van der Waals surface area contributed by atoms with Gasteiger partial charge in [0.2, 0.25) is 0 Å². The van der Waals surface area contributed by atoms with E-state index in [1.165, 1.54) is 61.9 Å². The molecule has 1 aliphatic heterocycles. The maximum absolute atomic E-state index is 5.12. The topological polar surface area (TPSA) is 12.5 Å². The number of hydrogen-bond donors (Lipinski definition) is 0. The van der Waals surface area contributed by atoms with Crippen molar-refractivity contribution in [1.29, 1.82) is 0 Å². The van der Waals surface area contributed by atoms with Crippen LogP contribution in [0.1, 0.15) is 54.8 Å². The van der Waals surface area contributed by atoms with Crippen molar-refractivity contribution in [3.05, 3.63) is 34.9 Å². The van der Waals surface area contributed by atoms with Crippen LogP contribution < -0.4 is 0 Å².